The Balaban J connectivity index is -0.0000000299. The standard InChI is InChI=1S/C7H8O.3C2H6.2CH3.Y/c1-8-7-5-3-2-4-6-7;3*1-2;;;/h2-6H,1H3;3*1-2H3;2*1H3;/q;;;;2*-1;. The molecule has 1 rings (SSSR count). The Hall–Kier alpha value is 0.124. The number of para-hydroxylation sites is 1. The van der Waals surface area contributed by atoms with Crippen LogP contribution in [-0.4, -0.2) is 7.11 Å². The van der Waals surface area contributed by atoms with Crippen molar-refractivity contribution in [2.45, 2.75) is 41.5 Å². The maximum absolute atomic E-state index is 4.91. The first-order valence-electron chi connectivity index (χ1n) is 5.52. The van der Waals surface area contributed by atoms with Crippen LogP contribution in [0.15, 0.2) is 30.3 Å². The van der Waals surface area contributed by atoms with Gasteiger partial charge in [-0.05, 0) is 12.1 Å². The molecule has 0 unspecified atom stereocenters. The molecule has 1 aromatic rings. The molecule has 0 amide bonds. The minimum atomic E-state index is 0. The van der Waals surface area contributed by atoms with Crippen LogP contribution in [0.2, 0.25) is 0 Å². The first-order valence-corrected chi connectivity index (χ1v) is 5.52. The molecule has 0 aliphatic carbocycles. The molecule has 17 heavy (non-hydrogen) atoms. The Kier molecular flexibility index (Phi) is 93.8. The molecular weight excluding hydrogens is 285 g/mol. The summed E-state index contributed by atoms with van der Waals surface area (Å²) >= 11 is 0. The van der Waals surface area contributed by atoms with Gasteiger partial charge < -0.3 is 19.6 Å². The van der Waals surface area contributed by atoms with Gasteiger partial charge in [0.05, 0.1) is 7.11 Å². The Morgan fingerprint density at radius 1 is 0.706 bits per heavy atom. The number of ether oxygens (including phenoxy) is 1. The molecule has 0 heterocycles. The van der Waals surface area contributed by atoms with Gasteiger partial charge in [-0.15, -0.1) is 0 Å². The second-order valence-corrected chi connectivity index (χ2v) is 1.52. The molecule has 0 saturated carbocycles. The van der Waals surface area contributed by atoms with Crippen LogP contribution in [0.4, 0.5) is 0 Å². The third-order valence-electron chi connectivity index (χ3n) is 0.979. The third kappa shape index (κ3) is 31.4. The molecule has 1 radical (unpaired) electrons. The van der Waals surface area contributed by atoms with Gasteiger partial charge in [0.25, 0.3) is 0 Å². The first kappa shape index (κ1) is 36.0. The second kappa shape index (κ2) is 44.3. The zero-order valence-corrected chi connectivity index (χ0v) is 16.2. The largest absolute Gasteiger partial charge is 0.497 e. The zero-order valence-electron chi connectivity index (χ0n) is 13.4. The van der Waals surface area contributed by atoms with Crippen molar-refractivity contribution in [3.05, 3.63) is 45.2 Å². The van der Waals surface area contributed by atoms with E-state index in [0.717, 1.165) is 5.75 Å². The fourth-order valence-corrected chi connectivity index (χ4v) is 0.557. The van der Waals surface area contributed by atoms with Crippen LogP contribution in [0, 0.1) is 14.9 Å². The molecule has 0 N–H and O–H groups in total. The molecular formula is C15H32OY-2. The van der Waals surface area contributed by atoms with Crippen LogP contribution in [-0.2, 0) is 32.7 Å². The number of rotatable bonds is 1. The molecule has 0 fully saturated rings. The molecule has 0 aromatic heterocycles. The van der Waals surface area contributed by atoms with E-state index < -0.39 is 0 Å². The maximum Gasteiger partial charge on any atom is 0.118 e. The number of hydrogen-bond donors (Lipinski definition) is 0. The minimum Gasteiger partial charge on any atom is -0.497 e. The Morgan fingerprint density at radius 3 is 1.18 bits per heavy atom. The summed E-state index contributed by atoms with van der Waals surface area (Å²) in [5.74, 6) is 0.910. The van der Waals surface area contributed by atoms with Crippen molar-refractivity contribution in [2.75, 3.05) is 7.11 Å². The van der Waals surface area contributed by atoms with Gasteiger partial charge in [0.1, 0.15) is 5.75 Å². The molecule has 103 valence electrons. The molecule has 0 aliphatic heterocycles. The monoisotopic (exact) mass is 317 g/mol. The normalized spacial score (nSPS) is 5.12. The van der Waals surface area contributed by atoms with Gasteiger partial charge in [-0.25, -0.2) is 0 Å². The predicted octanol–water partition coefficient (Wildman–Crippen LogP) is 5.67. The molecule has 1 aromatic carbocycles. The topological polar surface area (TPSA) is 9.23 Å². The number of benzene rings is 1. The summed E-state index contributed by atoms with van der Waals surface area (Å²) in [4.78, 5) is 0. The van der Waals surface area contributed by atoms with Gasteiger partial charge in [0.15, 0.2) is 0 Å². The molecule has 2 heteroatoms. The van der Waals surface area contributed by atoms with Gasteiger partial charge in [-0.3, -0.25) is 0 Å². The minimum absolute atomic E-state index is 0. The predicted molar refractivity (Wildman–Crippen MR) is 79.9 cm³/mol. The summed E-state index contributed by atoms with van der Waals surface area (Å²) in [6.45, 7) is 12.0. The van der Waals surface area contributed by atoms with E-state index in [1.54, 1.807) is 7.11 Å². The van der Waals surface area contributed by atoms with Gasteiger partial charge in [0, 0.05) is 32.7 Å². The van der Waals surface area contributed by atoms with Crippen LogP contribution in [0.5, 0.6) is 5.75 Å². The van der Waals surface area contributed by atoms with Crippen LogP contribution < -0.4 is 4.74 Å². The van der Waals surface area contributed by atoms with Gasteiger partial charge >= 0.3 is 0 Å². The van der Waals surface area contributed by atoms with Crippen LogP contribution >= 0.6 is 0 Å². The van der Waals surface area contributed by atoms with E-state index in [1.165, 1.54) is 0 Å². The Bertz CT molecular complexity index is 152. The molecule has 0 saturated heterocycles. The average molecular weight is 317 g/mol. The zero-order chi connectivity index (χ0) is 11.8. The van der Waals surface area contributed by atoms with Crippen molar-refractivity contribution >= 4 is 0 Å². The average Bonchev–Trinajstić information content (AvgIpc) is 2.37. The summed E-state index contributed by atoms with van der Waals surface area (Å²) in [6.07, 6.45) is 0. The summed E-state index contributed by atoms with van der Waals surface area (Å²) in [7, 11) is 1.66. The Morgan fingerprint density at radius 2 is 1.00 bits per heavy atom. The summed E-state index contributed by atoms with van der Waals surface area (Å²) < 4.78 is 4.91. The fourth-order valence-electron chi connectivity index (χ4n) is 0.557. The summed E-state index contributed by atoms with van der Waals surface area (Å²) in [5, 5.41) is 0. The van der Waals surface area contributed by atoms with Crippen LogP contribution in [0.1, 0.15) is 41.5 Å². The molecule has 0 bridgehead atoms. The summed E-state index contributed by atoms with van der Waals surface area (Å²) in [6, 6.07) is 9.68. The summed E-state index contributed by atoms with van der Waals surface area (Å²) in [5.41, 5.74) is 0. The molecule has 1 nitrogen and oxygen atoms in total. The maximum atomic E-state index is 4.91. The second-order valence-electron chi connectivity index (χ2n) is 1.52. The van der Waals surface area contributed by atoms with Gasteiger partial charge in [-0.1, -0.05) is 59.7 Å². The smallest absolute Gasteiger partial charge is 0.118 e. The van der Waals surface area contributed by atoms with E-state index >= 15 is 0 Å². The number of methoxy groups -OCH3 is 1. The molecule has 0 aliphatic rings. The van der Waals surface area contributed by atoms with E-state index in [2.05, 4.69) is 0 Å². The third-order valence-corrected chi connectivity index (χ3v) is 0.979. The molecule has 0 spiro atoms. The Labute approximate surface area is 136 Å². The van der Waals surface area contributed by atoms with Crippen molar-refractivity contribution in [3.63, 3.8) is 0 Å². The van der Waals surface area contributed by atoms with Crippen molar-refractivity contribution in [1.82, 2.24) is 0 Å². The van der Waals surface area contributed by atoms with E-state index in [4.69, 9.17) is 4.74 Å². The van der Waals surface area contributed by atoms with Crippen molar-refractivity contribution in [1.29, 1.82) is 0 Å². The van der Waals surface area contributed by atoms with E-state index in [1.807, 2.05) is 71.9 Å². The first-order chi connectivity index (χ1) is 6.93. The van der Waals surface area contributed by atoms with Gasteiger partial charge in [-0.2, -0.15) is 0 Å². The quantitative estimate of drug-likeness (QED) is 0.606. The van der Waals surface area contributed by atoms with Crippen LogP contribution in [0.3, 0.4) is 0 Å². The van der Waals surface area contributed by atoms with E-state index in [9.17, 15) is 0 Å². The molecule has 0 atom stereocenters. The van der Waals surface area contributed by atoms with Crippen LogP contribution in [0.25, 0.3) is 0 Å². The van der Waals surface area contributed by atoms with Gasteiger partial charge in [0.2, 0.25) is 0 Å². The fraction of sp³-hybridized carbons (Fsp3) is 0.467. The SMILES string of the molecule is CC.CC.CC.COc1ccccc1.[CH3-].[CH3-].[Y]. The van der Waals surface area contributed by atoms with Crippen molar-refractivity contribution < 1.29 is 37.4 Å². The van der Waals surface area contributed by atoms with Crippen molar-refractivity contribution in [3.8, 4) is 5.75 Å². The van der Waals surface area contributed by atoms with E-state index in [-0.39, 0.29) is 47.6 Å². The van der Waals surface area contributed by atoms with E-state index in [0.29, 0.717) is 0 Å². The number of hydrogen-bond acceptors (Lipinski definition) is 1. The van der Waals surface area contributed by atoms with Crippen molar-refractivity contribution in [2.24, 2.45) is 0 Å².